The van der Waals surface area contributed by atoms with E-state index in [0.717, 1.165) is 11.1 Å². The van der Waals surface area contributed by atoms with Gasteiger partial charge in [0, 0.05) is 12.8 Å². The molecule has 5 nitrogen and oxygen atoms in total. The zero-order valence-electron chi connectivity index (χ0n) is 12.2. The zero-order chi connectivity index (χ0) is 16.1. The van der Waals surface area contributed by atoms with Crippen molar-refractivity contribution in [1.29, 1.82) is 0 Å². The van der Waals surface area contributed by atoms with Crippen LogP contribution in [0, 0.1) is 0 Å². The van der Waals surface area contributed by atoms with E-state index in [4.69, 9.17) is 4.74 Å². The predicted molar refractivity (Wildman–Crippen MR) is 81.0 cm³/mol. The summed E-state index contributed by atoms with van der Waals surface area (Å²) in [6.45, 7) is 0. The maximum atomic E-state index is 12.1. The first-order valence-electron chi connectivity index (χ1n) is 7.42. The van der Waals surface area contributed by atoms with Gasteiger partial charge in [0.2, 0.25) is 0 Å². The summed E-state index contributed by atoms with van der Waals surface area (Å²) in [6.07, 6.45) is -1.54. The molecule has 2 unspecified atom stereocenters. The lowest BCUT2D eigenvalue weighted by Crippen LogP contribution is -2.15. The summed E-state index contributed by atoms with van der Waals surface area (Å²) >= 11 is 0. The third-order valence-corrected chi connectivity index (χ3v) is 4.37. The van der Waals surface area contributed by atoms with Gasteiger partial charge in [0.15, 0.2) is 11.6 Å². The first-order chi connectivity index (χ1) is 11.1. The molecule has 23 heavy (non-hydrogen) atoms. The van der Waals surface area contributed by atoms with Crippen molar-refractivity contribution in [3.05, 3.63) is 58.7 Å². The van der Waals surface area contributed by atoms with Crippen LogP contribution in [0.3, 0.4) is 0 Å². The molecule has 0 aliphatic heterocycles. The van der Waals surface area contributed by atoms with Crippen LogP contribution in [0.1, 0.15) is 31.8 Å². The van der Waals surface area contributed by atoms with E-state index in [1.807, 2.05) is 0 Å². The van der Waals surface area contributed by atoms with E-state index in [-0.39, 0.29) is 24.4 Å². The lowest BCUT2D eigenvalue weighted by molar-refractivity contribution is 0.0777. The number of aliphatic hydroxyl groups is 2. The van der Waals surface area contributed by atoms with Crippen molar-refractivity contribution in [1.82, 2.24) is 0 Å². The molecule has 0 radical (unpaired) electrons. The number of carbonyl (C=O) groups excluding carboxylic acids is 2. The third kappa shape index (κ3) is 2.09. The molecule has 2 aromatic rings. The van der Waals surface area contributed by atoms with Crippen LogP contribution in [0.15, 0.2) is 36.4 Å². The average molecular weight is 310 g/mol. The van der Waals surface area contributed by atoms with Gasteiger partial charge in [-0.05, 0) is 23.3 Å². The largest absolute Gasteiger partial charge is 0.456 e. The molecule has 0 fully saturated rings. The summed E-state index contributed by atoms with van der Waals surface area (Å²) in [5.74, 6) is -0.0812. The maximum absolute atomic E-state index is 12.1. The van der Waals surface area contributed by atoms with Crippen molar-refractivity contribution in [2.24, 2.45) is 0 Å². The highest BCUT2D eigenvalue weighted by Crippen LogP contribution is 2.37. The van der Waals surface area contributed by atoms with E-state index in [1.165, 1.54) is 0 Å². The minimum Gasteiger partial charge on any atom is -0.456 e. The van der Waals surface area contributed by atoms with Gasteiger partial charge in [0.1, 0.15) is 23.7 Å². The molecule has 2 atom stereocenters. The fraction of sp³-hybridized carbons (Fsp3) is 0.222. The van der Waals surface area contributed by atoms with Crippen molar-refractivity contribution in [3.8, 4) is 11.5 Å². The summed E-state index contributed by atoms with van der Waals surface area (Å²) in [6, 6.07) is 10.3. The van der Waals surface area contributed by atoms with Gasteiger partial charge in [-0.3, -0.25) is 9.59 Å². The molecule has 4 rings (SSSR count). The number of hydrogen-bond donors (Lipinski definition) is 2. The maximum Gasteiger partial charge on any atom is 0.195 e. The van der Waals surface area contributed by atoms with E-state index in [9.17, 15) is 19.8 Å². The van der Waals surface area contributed by atoms with E-state index >= 15 is 0 Å². The molecule has 2 aromatic carbocycles. The Morgan fingerprint density at radius 1 is 0.783 bits per heavy atom. The quantitative estimate of drug-likeness (QED) is 0.881. The molecule has 116 valence electrons. The number of ether oxygens (including phenoxy) is 1. The lowest BCUT2D eigenvalue weighted by atomic mass is 10.1. The number of carbonyl (C=O) groups is 2. The summed E-state index contributed by atoms with van der Waals surface area (Å²) in [4.78, 5) is 24.2. The van der Waals surface area contributed by atoms with E-state index in [0.29, 0.717) is 22.6 Å². The Bertz CT molecular complexity index is 770. The van der Waals surface area contributed by atoms with Crippen LogP contribution >= 0.6 is 0 Å². The van der Waals surface area contributed by atoms with Crippen LogP contribution in [0.4, 0.5) is 0 Å². The van der Waals surface area contributed by atoms with Crippen molar-refractivity contribution in [3.63, 3.8) is 0 Å². The molecule has 0 saturated heterocycles. The topological polar surface area (TPSA) is 83.8 Å². The molecule has 0 amide bonds. The molecular weight excluding hydrogens is 296 g/mol. The van der Waals surface area contributed by atoms with E-state index in [1.54, 1.807) is 36.4 Å². The summed E-state index contributed by atoms with van der Waals surface area (Å²) in [7, 11) is 0. The third-order valence-electron chi connectivity index (χ3n) is 4.37. The van der Waals surface area contributed by atoms with Crippen LogP contribution in [0.5, 0.6) is 11.5 Å². The number of aliphatic hydroxyl groups excluding tert-OH is 2. The first-order valence-corrected chi connectivity index (χ1v) is 7.42. The van der Waals surface area contributed by atoms with Gasteiger partial charge in [-0.15, -0.1) is 0 Å². The average Bonchev–Trinajstić information content (AvgIpc) is 2.98. The highest BCUT2D eigenvalue weighted by atomic mass is 16.5. The Morgan fingerprint density at radius 3 is 1.65 bits per heavy atom. The second-order valence-electron chi connectivity index (χ2n) is 5.85. The van der Waals surface area contributed by atoms with Crippen LogP contribution in [0.25, 0.3) is 0 Å². The molecule has 0 bridgehead atoms. The number of fused-ring (bicyclic) bond motifs is 2. The van der Waals surface area contributed by atoms with Crippen LogP contribution in [-0.2, 0) is 12.8 Å². The first kappa shape index (κ1) is 14.1. The highest BCUT2D eigenvalue weighted by Gasteiger charge is 2.34. The molecule has 2 N–H and O–H groups in total. The van der Waals surface area contributed by atoms with Gasteiger partial charge < -0.3 is 14.9 Å². The predicted octanol–water partition coefficient (Wildman–Crippen LogP) is 1.68. The fourth-order valence-corrected chi connectivity index (χ4v) is 3.28. The van der Waals surface area contributed by atoms with Crippen LogP contribution in [0.2, 0.25) is 0 Å². The number of benzene rings is 2. The van der Waals surface area contributed by atoms with Crippen LogP contribution < -0.4 is 4.74 Å². The number of Topliss-reactive ketones (excluding diaryl/α,β-unsaturated/α-hetero) is 2. The van der Waals surface area contributed by atoms with Crippen molar-refractivity contribution < 1.29 is 24.5 Å². The molecular formula is C18H14O5. The molecule has 0 aromatic heterocycles. The van der Waals surface area contributed by atoms with E-state index in [2.05, 4.69) is 0 Å². The standard InChI is InChI=1S/C18H14O5/c19-11-7-9-3-1-5-13(15(9)17(11)21)23-14-6-2-4-10-8-12(20)18(22)16(10)14/h1-6,11-12,19-20H,7-8H2. The minimum atomic E-state index is -1.04. The SMILES string of the molecule is O=C1c2c(cccc2Oc2cccc3c2C(=O)C(O)C3)CC1O. The second-order valence-corrected chi connectivity index (χ2v) is 5.85. The molecule has 0 heterocycles. The Kier molecular flexibility index (Phi) is 3.07. The molecule has 2 aliphatic rings. The molecule has 0 spiro atoms. The van der Waals surface area contributed by atoms with Crippen molar-refractivity contribution in [2.45, 2.75) is 25.0 Å². The second kappa shape index (κ2) is 5.01. The zero-order valence-corrected chi connectivity index (χ0v) is 12.2. The van der Waals surface area contributed by atoms with Crippen LogP contribution in [-0.4, -0.2) is 34.0 Å². The van der Waals surface area contributed by atoms with Gasteiger partial charge in [-0.2, -0.15) is 0 Å². The monoisotopic (exact) mass is 310 g/mol. The van der Waals surface area contributed by atoms with Gasteiger partial charge in [0.25, 0.3) is 0 Å². The Balaban J connectivity index is 1.78. The van der Waals surface area contributed by atoms with Gasteiger partial charge in [-0.1, -0.05) is 24.3 Å². The number of ketones is 2. The molecule has 0 saturated carbocycles. The normalized spacial score (nSPS) is 22.2. The molecule has 2 aliphatic carbocycles. The summed E-state index contributed by atoms with van der Waals surface area (Å²) in [5.41, 5.74) is 2.20. The van der Waals surface area contributed by atoms with Gasteiger partial charge >= 0.3 is 0 Å². The summed E-state index contributed by atoms with van der Waals surface area (Å²) < 4.78 is 5.84. The number of hydrogen-bond acceptors (Lipinski definition) is 5. The van der Waals surface area contributed by atoms with Gasteiger partial charge in [-0.25, -0.2) is 0 Å². The lowest BCUT2D eigenvalue weighted by Gasteiger charge is -2.12. The smallest absolute Gasteiger partial charge is 0.195 e. The summed E-state index contributed by atoms with van der Waals surface area (Å²) in [5, 5.41) is 19.5. The van der Waals surface area contributed by atoms with Crippen molar-refractivity contribution >= 4 is 11.6 Å². The Morgan fingerprint density at radius 2 is 1.22 bits per heavy atom. The Labute approximate surface area is 132 Å². The number of rotatable bonds is 2. The van der Waals surface area contributed by atoms with E-state index < -0.39 is 12.2 Å². The van der Waals surface area contributed by atoms with Crippen molar-refractivity contribution in [2.75, 3.05) is 0 Å². The highest BCUT2D eigenvalue weighted by molar-refractivity contribution is 6.07. The minimum absolute atomic E-state index is 0.274. The Hall–Kier alpha value is -2.50. The fourth-order valence-electron chi connectivity index (χ4n) is 3.28. The molecule has 5 heteroatoms. The van der Waals surface area contributed by atoms with Gasteiger partial charge in [0.05, 0.1) is 11.1 Å².